The zero-order valence-corrected chi connectivity index (χ0v) is 14.8. The highest BCUT2D eigenvalue weighted by Crippen LogP contribution is 2.29. The lowest BCUT2D eigenvalue weighted by molar-refractivity contribution is -0.00116. The maximum Gasteiger partial charge on any atom is 0.278 e. The zero-order valence-electron chi connectivity index (χ0n) is 14.8. The molecule has 3 heterocycles. The van der Waals surface area contributed by atoms with Crippen molar-refractivity contribution < 1.29 is 22.4 Å². The Bertz CT molecular complexity index is 1190. The van der Waals surface area contributed by atoms with E-state index in [0.717, 1.165) is 23.4 Å². The van der Waals surface area contributed by atoms with Gasteiger partial charge in [0.1, 0.15) is 11.9 Å². The van der Waals surface area contributed by atoms with E-state index in [9.17, 15) is 13.2 Å². The third-order valence-corrected chi connectivity index (χ3v) is 4.70. The summed E-state index contributed by atoms with van der Waals surface area (Å²) in [5.74, 6) is -1.96. The van der Waals surface area contributed by atoms with Crippen molar-refractivity contribution in [3.05, 3.63) is 77.2 Å². The van der Waals surface area contributed by atoms with Gasteiger partial charge in [0.2, 0.25) is 5.82 Å². The molecular formula is C20H13F3N4O2. The SMILES string of the molecule is Fc1ccc(C2Cn3nc(-c4nc(-c5ccc(F)c(F)c5)no4)cc3CO2)cc1. The first-order chi connectivity index (χ1) is 14.1. The van der Waals surface area contributed by atoms with Gasteiger partial charge in [0.15, 0.2) is 17.3 Å². The van der Waals surface area contributed by atoms with Crippen LogP contribution in [0.5, 0.6) is 0 Å². The maximum atomic E-state index is 13.4. The molecule has 1 aliphatic rings. The van der Waals surface area contributed by atoms with Crippen molar-refractivity contribution in [3.63, 3.8) is 0 Å². The Balaban J connectivity index is 1.40. The largest absolute Gasteiger partial charge is 0.365 e. The van der Waals surface area contributed by atoms with Gasteiger partial charge in [-0.1, -0.05) is 17.3 Å². The van der Waals surface area contributed by atoms with Gasteiger partial charge in [0.25, 0.3) is 5.89 Å². The second-order valence-electron chi connectivity index (χ2n) is 6.61. The van der Waals surface area contributed by atoms with Crippen molar-refractivity contribution in [2.75, 3.05) is 0 Å². The molecule has 4 aromatic rings. The van der Waals surface area contributed by atoms with E-state index in [4.69, 9.17) is 9.26 Å². The van der Waals surface area contributed by atoms with Crippen LogP contribution in [0.15, 0.2) is 53.1 Å². The van der Waals surface area contributed by atoms with Crippen molar-refractivity contribution in [1.29, 1.82) is 0 Å². The van der Waals surface area contributed by atoms with Gasteiger partial charge in [-0.2, -0.15) is 10.1 Å². The van der Waals surface area contributed by atoms with Crippen LogP contribution in [0.25, 0.3) is 23.0 Å². The summed E-state index contributed by atoms with van der Waals surface area (Å²) >= 11 is 0. The van der Waals surface area contributed by atoms with Crippen LogP contribution in [0.4, 0.5) is 13.2 Å². The van der Waals surface area contributed by atoms with Crippen molar-refractivity contribution in [1.82, 2.24) is 19.9 Å². The molecule has 0 spiro atoms. The highest BCUT2D eigenvalue weighted by atomic mass is 19.2. The van der Waals surface area contributed by atoms with Crippen molar-refractivity contribution in [2.24, 2.45) is 0 Å². The molecule has 9 heteroatoms. The van der Waals surface area contributed by atoms with Gasteiger partial charge < -0.3 is 9.26 Å². The topological polar surface area (TPSA) is 66.0 Å². The molecule has 0 saturated heterocycles. The summed E-state index contributed by atoms with van der Waals surface area (Å²) in [4.78, 5) is 4.23. The Morgan fingerprint density at radius 3 is 2.59 bits per heavy atom. The zero-order chi connectivity index (χ0) is 20.0. The molecule has 0 radical (unpaired) electrons. The third-order valence-electron chi connectivity index (χ3n) is 4.70. The third kappa shape index (κ3) is 3.29. The van der Waals surface area contributed by atoms with E-state index in [0.29, 0.717) is 24.4 Å². The normalized spacial score (nSPS) is 16.0. The molecule has 0 amide bonds. The van der Waals surface area contributed by atoms with Gasteiger partial charge in [-0.15, -0.1) is 0 Å². The van der Waals surface area contributed by atoms with E-state index in [2.05, 4.69) is 15.2 Å². The van der Waals surface area contributed by atoms with Crippen LogP contribution in [0, 0.1) is 17.5 Å². The van der Waals surface area contributed by atoms with Gasteiger partial charge in [-0.3, -0.25) is 4.68 Å². The molecule has 2 aromatic carbocycles. The molecule has 0 N–H and O–H groups in total. The van der Waals surface area contributed by atoms with Crippen LogP contribution in [0.2, 0.25) is 0 Å². The summed E-state index contributed by atoms with van der Waals surface area (Å²) in [5.41, 5.74) is 2.42. The van der Waals surface area contributed by atoms with Crippen molar-refractivity contribution >= 4 is 0 Å². The monoisotopic (exact) mass is 398 g/mol. The van der Waals surface area contributed by atoms with Crippen LogP contribution in [-0.4, -0.2) is 19.9 Å². The fourth-order valence-electron chi connectivity index (χ4n) is 3.19. The molecule has 0 aliphatic carbocycles. The van der Waals surface area contributed by atoms with E-state index in [1.807, 2.05) is 0 Å². The predicted molar refractivity (Wildman–Crippen MR) is 94.8 cm³/mol. The van der Waals surface area contributed by atoms with Gasteiger partial charge >= 0.3 is 0 Å². The molecule has 5 rings (SSSR count). The van der Waals surface area contributed by atoms with Gasteiger partial charge in [0, 0.05) is 5.56 Å². The lowest BCUT2D eigenvalue weighted by atomic mass is 10.1. The van der Waals surface area contributed by atoms with Crippen LogP contribution in [-0.2, 0) is 17.9 Å². The molecule has 29 heavy (non-hydrogen) atoms. The fourth-order valence-corrected chi connectivity index (χ4v) is 3.19. The van der Waals surface area contributed by atoms with Crippen molar-refractivity contribution in [2.45, 2.75) is 19.3 Å². The quantitative estimate of drug-likeness (QED) is 0.515. The van der Waals surface area contributed by atoms with Gasteiger partial charge in [0.05, 0.1) is 18.8 Å². The average molecular weight is 398 g/mol. The molecular weight excluding hydrogens is 385 g/mol. The number of nitrogens with zero attached hydrogens (tertiary/aromatic N) is 4. The lowest BCUT2D eigenvalue weighted by Crippen LogP contribution is -2.21. The number of hydrogen-bond acceptors (Lipinski definition) is 5. The summed E-state index contributed by atoms with van der Waals surface area (Å²) in [7, 11) is 0. The highest BCUT2D eigenvalue weighted by Gasteiger charge is 2.24. The predicted octanol–water partition coefficient (Wildman–Crippen LogP) is 4.29. The number of rotatable bonds is 3. The fraction of sp³-hybridized carbons (Fsp3) is 0.150. The molecule has 1 unspecified atom stereocenters. The van der Waals surface area contributed by atoms with Crippen LogP contribution < -0.4 is 0 Å². The van der Waals surface area contributed by atoms with Crippen LogP contribution >= 0.6 is 0 Å². The van der Waals surface area contributed by atoms with Crippen LogP contribution in [0.3, 0.4) is 0 Å². The Kier molecular flexibility index (Phi) is 4.17. The van der Waals surface area contributed by atoms with E-state index in [-0.39, 0.29) is 23.6 Å². The molecule has 1 atom stereocenters. The van der Waals surface area contributed by atoms with E-state index in [1.165, 1.54) is 18.2 Å². The summed E-state index contributed by atoms with van der Waals surface area (Å²) in [6.45, 7) is 0.768. The Morgan fingerprint density at radius 2 is 1.79 bits per heavy atom. The minimum Gasteiger partial charge on any atom is -0.365 e. The highest BCUT2D eigenvalue weighted by molar-refractivity contribution is 5.58. The molecule has 0 saturated carbocycles. The molecule has 0 fully saturated rings. The second kappa shape index (κ2) is 6.85. The molecule has 146 valence electrons. The number of hydrogen-bond donors (Lipinski definition) is 0. The number of aromatic nitrogens is 4. The summed E-state index contributed by atoms with van der Waals surface area (Å²) in [6, 6.07) is 11.3. The first kappa shape index (κ1) is 17.6. The van der Waals surface area contributed by atoms with E-state index >= 15 is 0 Å². The molecule has 0 bridgehead atoms. The first-order valence-corrected chi connectivity index (χ1v) is 8.80. The van der Waals surface area contributed by atoms with E-state index < -0.39 is 11.6 Å². The van der Waals surface area contributed by atoms with Crippen LogP contribution in [0.1, 0.15) is 17.4 Å². The lowest BCUT2D eigenvalue weighted by Gasteiger charge is -2.24. The molecule has 1 aliphatic heterocycles. The minimum atomic E-state index is -0.990. The minimum absolute atomic E-state index is 0.130. The number of halogens is 3. The average Bonchev–Trinajstić information content (AvgIpc) is 3.37. The summed E-state index contributed by atoms with van der Waals surface area (Å²) < 4.78 is 52.5. The smallest absolute Gasteiger partial charge is 0.278 e. The van der Waals surface area contributed by atoms with Gasteiger partial charge in [-0.25, -0.2) is 13.2 Å². The molecule has 2 aromatic heterocycles. The Hall–Kier alpha value is -3.46. The standard InChI is InChI=1S/C20H13F3N4O2/c21-13-4-1-11(2-5-13)18-9-27-14(10-28-18)8-17(25-27)20-24-19(26-29-20)12-3-6-15(22)16(23)7-12/h1-8,18H,9-10H2. The Morgan fingerprint density at radius 1 is 0.966 bits per heavy atom. The van der Waals surface area contributed by atoms with Crippen molar-refractivity contribution in [3.8, 4) is 23.0 Å². The maximum absolute atomic E-state index is 13.4. The summed E-state index contributed by atoms with van der Waals surface area (Å²) in [6.07, 6.45) is -0.253. The second-order valence-corrected chi connectivity index (χ2v) is 6.61. The van der Waals surface area contributed by atoms with E-state index in [1.54, 1.807) is 22.9 Å². The van der Waals surface area contributed by atoms with Gasteiger partial charge in [-0.05, 0) is 42.0 Å². The summed E-state index contributed by atoms with van der Waals surface area (Å²) in [5, 5.41) is 8.30. The number of benzene rings is 2. The number of ether oxygens (including phenoxy) is 1. The molecule has 6 nitrogen and oxygen atoms in total. The Labute approximate surface area is 162 Å². The first-order valence-electron chi connectivity index (χ1n) is 8.80. The number of fused-ring (bicyclic) bond motifs is 1.